The minimum Gasteiger partial charge on any atom is -0.462 e. The zero-order valence-electron chi connectivity index (χ0n) is 22.9. The van der Waals surface area contributed by atoms with Crippen LogP contribution in [0.3, 0.4) is 0 Å². The van der Waals surface area contributed by atoms with Crippen molar-refractivity contribution in [2.24, 2.45) is 0 Å². The molecule has 1 fully saturated rings. The highest BCUT2D eigenvalue weighted by molar-refractivity contribution is 7.47. The summed E-state index contributed by atoms with van der Waals surface area (Å²) in [5.41, 5.74) is 0. The third-order valence-corrected chi connectivity index (χ3v) is 7.43. The maximum atomic E-state index is 12.5. The van der Waals surface area contributed by atoms with E-state index in [0.29, 0.717) is 12.8 Å². The normalized spacial score (nSPS) is 27.5. The van der Waals surface area contributed by atoms with Crippen LogP contribution in [0.2, 0.25) is 0 Å². The summed E-state index contributed by atoms with van der Waals surface area (Å²) in [7, 11) is -5.07. The summed E-state index contributed by atoms with van der Waals surface area (Å²) in [4.78, 5) is 34.5. The third kappa shape index (κ3) is 13.8. The quantitative estimate of drug-likeness (QED) is 0.0679. The summed E-state index contributed by atoms with van der Waals surface area (Å²) in [6.45, 7) is 2.98. The molecule has 8 atom stereocenters. The van der Waals surface area contributed by atoms with Crippen molar-refractivity contribution < 1.29 is 63.1 Å². The molecule has 230 valence electrons. The first-order valence-electron chi connectivity index (χ1n) is 13.8. The second kappa shape index (κ2) is 19.1. The van der Waals surface area contributed by atoms with E-state index in [0.717, 1.165) is 51.4 Å². The van der Waals surface area contributed by atoms with E-state index in [1.54, 1.807) is 0 Å². The van der Waals surface area contributed by atoms with E-state index in [9.17, 15) is 44.6 Å². The molecule has 0 aromatic heterocycles. The van der Waals surface area contributed by atoms with Gasteiger partial charge in [-0.1, -0.05) is 65.2 Å². The maximum Gasteiger partial charge on any atom is 0.472 e. The van der Waals surface area contributed by atoms with Gasteiger partial charge in [-0.25, -0.2) is 4.57 Å². The molecule has 6 N–H and O–H groups in total. The molecular weight excluding hydrogens is 539 g/mol. The Balaban J connectivity index is 2.70. The Kier molecular flexibility index (Phi) is 17.5. The van der Waals surface area contributed by atoms with E-state index in [1.165, 1.54) is 0 Å². The monoisotopic (exact) mass is 586 g/mol. The largest absolute Gasteiger partial charge is 0.472 e. The molecule has 3 unspecified atom stereocenters. The molecule has 0 saturated heterocycles. The molecule has 0 aromatic rings. The van der Waals surface area contributed by atoms with Crippen LogP contribution in [0.25, 0.3) is 0 Å². The number of unbranched alkanes of at least 4 members (excludes halogenated alkanes) is 8. The van der Waals surface area contributed by atoms with Gasteiger partial charge in [-0.2, -0.15) is 0 Å². The zero-order chi connectivity index (χ0) is 29.4. The Labute approximate surface area is 230 Å². The molecule has 0 aromatic carbocycles. The van der Waals surface area contributed by atoms with E-state index < -0.39 is 75.7 Å². The number of carbonyl (C=O) groups excluding carboxylic acids is 2. The fourth-order valence-electron chi connectivity index (χ4n) is 4.05. The molecule has 1 aliphatic rings. The Morgan fingerprint density at radius 2 is 1.15 bits per heavy atom. The smallest absolute Gasteiger partial charge is 0.462 e. The van der Waals surface area contributed by atoms with Crippen molar-refractivity contribution in [3.05, 3.63) is 0 Å². The lowest BCUT2D eigenvalue weighted by molar-refractivity contribution is -0.220. The number of carbonyl (C=O) groups is 2. The van der Waals surface area contributed by atoms with Gasteiger partial charge in [0, 0.05) is 12.8 Å². The van der Waals surface area contributed by atoms with Crippen molar-refractivity contribution in [1.82, 2.24) is 0 Å². The number of ether oxygens (including phenoxy) is 2. The van der Waals surface area contributed by atoms with E-state index in [2.05, 4.69) is 13.8 Å². The summed E-state index contributed by atoms with van der Waals surface area (Å²) in [6, 6.07) is 0. The summed E-state index contributed by atoms with van der Waals surface area (Å²) in [5.74, 6) is -1.13. The third-order valence-electron chi connectivity index (χ3n) is 6.45. The number of hydrogen-bond donors (Lipinski definition) is 6. The van der Waals surface area contributed by atoms with Gasteiger partial charge in [-0.05, 0) is 12.8 Å². The van der Waals surface area contributed by atoms with Gasteiger partial charge in [-0.15, -0.1) is 0 Å². The highest BCUT2D eigenvalue weighted by Gasteiger charge is 2.51. The molecule has 0 bridgehead atoms. The molecule has 1 saturated carbocycles. The van der Waals surface area contributed by atoms with E-state index in [4.69, 9.17) is 18.5 Å². The number of aliphatic hydroxyl groups is 5. The van der Waals surface area contributed by atoms with Crippen LogP contribution in [0.5, 0.6) is 0 Å². The maximum absolute atomic E-state index is 12.5. The van der Waals surface area contributed by atoms with Crippen LogP contribution >= 0.6 is 7.82 Å². The molecule has 13 nitrogen and oxygen atoms in total. The van der Waals surface area contributed by atoms with Crippen LogP contribution in [0, 0.1) is 0 Å². The second-order valence-corrected chi connectivity index (χ2v) is 11.3. The average Bonchev–Trinajstić information content (AvgIpc) is 2.90. The van der Waals surface area contributed by atoms with Crippen LogP contribution < -0.4 is 0 Å². The number of phosphoric acid groups is 1. The van der Waals surface area contributed by atoms with Gasteiger partial charge in [0.1, 0.15) is 43.2 Å². The highest BCUT2D eigenvalue weighted by atomic mass is 31.2. The molecule has 39 heavy (non-hydrogen) atoms. The van der Waals surface area contributed by atoms with Crippen molar-refractivity contribution in [1.29, 1.82) is 0 Å². The van der Waals surface area contributed by atoms with Gasteiger partial charge in [-0.3, -0.25) is 18.6 Å². The lowest BCUT2D eigenvalue weighted by Gasteiger charge is -2.41. The standard InChI is InChI=1S/C25H47O13P/c1-3-5-7-9-11-13-18(26)35-15-17(37-19(27)14-12-10-8-6-4-2)16-36-39(33,34)38-25-23(31)21(29)20(28)22(30)24(25)32/h17,20-25,28-32H,3-16H2,1-2H3,(H,33,34)/t17-,20?,21-,22+,23+,24+,25?/m0/s1. The van der Waals surface area contributed by atoms with Gasteiger partial charge < -0.3 is 39.9 Å². The number of rotatable bonds is 20. The Morgan fingerprint density at radius 3 is 1.67 bits per heavy atom. The molecular formula is C25H47O13P. The summed E-state index contributed by atoms with van der Waals surface area (Å²) in [5, 5.41) is 49.3. The molecule has 0 radical (unpaired) electrons. The van der Waals surface area contributed by atoms with E-state index in [1.807, 2.05) is 0 Å². The Hall–Kier alpha value is -1.15. The molecule has 0 aliphatic heterocycles. The van der Waals surface area contributed by atoms with Crippen molar-refractivity contribution >= 4 is 19.8 Å². The first-order valence-corrected chi connectivity index (χ1v) is 15.3. The first kappa shape index (κ1) is 35.9. The van der Waals surface area contributed by atoms with Crippen LogP contribution in [-0.2, 0) is 32.7 Å². The van der Waals surface area contributed by atoms with E-state index in [-0.39, 0.29) is 12.8 Å². The number of phosphoric ester groups is 1. The second-order valence-electron chi connectivity index (χ2n) is 9.91. The topological polar surface area (TPSA) is 210 Å². The predicted octanol–water partition coefficient (Wildman–Crippen LogP) is 1.48. The van der Waals surface area contributed by atoms with Crippen LogP contribution in [0.4, 0.5) is 0 Å². The minimum absolute atomic E-state index is 0.0947. The molecule has 1 rings (SSSR count). The summed E-state index contributed by atoms with van der Waals surface area (Å²) in [6.07, 6.45) is -3.78. The van der Waals surface area contributed by atoms with Gasteiger partial charge in [0.25, 0.3) is 0 Å². The lowest BCUT2D eigenvalue weighted by atomic mass is 9.85. The van der Waals surface area contributed by atoms with Gasteiger partial charge >= 0.3 is 19.8 Å². The Morgan fingerprint density at radius 1 is 0.692 bits per heavy atom. The van der Waals surface area contributed by atoms with Crippen molar-refractivity contribution in [3.8, 4) is 0 Å². The van der Waals surface area contributed by atoms with Crippen molar-refractivity contribution in [2.45, 2.75) is 134 Å². The lowest BCUT2D eigenvalue weighted by Crippen LogP contribution is -2.64. The fraction of sp³-hybridized carbons (Fsp3) is 0.920. The molecule has 0 amide bonds. The van der Waals surface area contributed by atoms with Gasteiger partial charge in [0.15, 0.2) is 6.10 Å². The SMILES string of the molecule is CCCCCCCC(=O)OC[C@@H](COP(=O)(O)OC1[C@H](O)[C@H](O)C(O)[C@H](O)[C@H]1O)OC(=O)CCCCCCC. The molecule has 14 heteroatoms. The highest BCUT2D eigenvalue weighted by Crippen LogP contribution is 2.47. The zero-order valence-corrected chi connectivity index (χ0v) is 23.8. The number of hydrogen-bond acceptors (Lipinski definition) is 12. The van der Waals surface area contributed by atoms with Gasteiger partial charge in [0.2, 0.25) is 0 Å². The van der Waals surface area contributed by atoms with Crippen LogP contribution in [0.1, 0.15) is 90.9 Å². The van der Waals surface area contributed by atoms with Crippen LogP contribution in [-0.4, -0.2) is 98.3 Å². The fourth-order valence-corrected chi connectivity index (χ4v) is 5.02. The molecule has 0 spiro atoms. The summed E-state index contributed by atoms with van der Waals surface area (Å²) < 4.78 is 32.6. The van der Waals surface area contributed by atoms with Gasteiger partial charge in [0.05, 0.1) is 6.61 Å². The van der Waals surface area contributed by atoms with Crippen LogP contribution in [0.15, 0.2) is 0 Å². The summed E-state index contributed by atoms with van der Waals surface area (Å²) >= 11 is 0. The predicted molar refractivity (Wildman–Crippen MR) is 138 cm³/mol. The molecule has 0 heterocycles. The Bertz CT molecular complexity index is 735. The molecule has 1 aliphatic carbocycles. The number of esters is 2. The van der Waals surface area contributed by atoms with Crippen molar-refractivity contribution in [3.63, 3.8) is 0 Å². The minimum atomic E-state index is -5.07. The van der Waals surface area contributed by atoms with E-state index >= 15 is 0 Å². The number of aliphatic hydroxyl groups excluding tert-OH is 5. The van der Waals surface area contributed by atoms with Crippen molar-refractivity contribution in [2.75, 3.05) is 13.2 Å². The first-order chi connectivity index (χ1) is 18.4. The average molecular weight is 587 g/mol.